The molecule has 25 heavy (non-hydrogen) atoms. The second-order valence-electron chi connectivity index (χ2n) is 5.66. The SMILES string of the molecule is C[C@@H](NC(=O)Cn1cnc2c(Cl)cc(Cl)cc2c1=O)c1ccccc1. The largest absolute Gasteiger partial charge is 0.348 e. The first kappa shape index (κ1) is 17.5. The Balaban J connectivity index is 1.82. The predicted molar refractivity (Wildman–Crippen MR) is 99.0 cm³/mol. The second-order valence-corrected chi connectivity index (χ2v) is 6.50. The Morgan fingerprint density at radius 2 is 1.96 bits per heavy atom. The zero-order valence-electron chi connectivity index (χ0n) is 13.4. The molecule has 3 rings (SSSR count). The average molecular weight is 376 g/mol. The summed E-state index contributed by atoms with van der Waals surface area (Å²) >= 11 is 12.0. The molecule has 2 aromatic carbocycles. The number of nitrogens with zero attached hydrogens (tertiary/aromatic N) is 2. The van der Waals surface area contributed by atoms with Gasteiger partial charge in [-0.25, -0.2) is 4.98 Å². The Morgan fingerprint density at radius 3 is 2.68 bits per heavy atom. The van der Waals surface area contributed by atoms with Gasteiger partial charge in [-0.15, -0.1) is 0 Å². The maximum atomic E-state index is 12.5. The van der Waals surface area contributed by atoms with Gasteiger partial charge in [0.1, 0.15) is 6.54 Å². The first-order valence-electron chi connectivity index (χ1n) is 7.64. The van der Waals surface area contributed by atoms with Crippen molar-refractivity contribution in [3.63, 3.8) is 0 Å². The highest BCUT2D eigenvalue weighted by Gasteiger charge is 2.13. The van der Waals surface area contributed by atoms with Gasteiger partial charge in [0.25, 0.3) is 5.56 Å². The highest BCUT2D eigenvalue weighted by molar-refractivity contribution is 6.38. The number of amides is 1. The summed E-state index contributed by atoms with van der Waals surface area (Å²) in [5, 5.41) is 3.79. The van der Waals surface area contributed by atoms with E-state index in [0.717, 1.165) is 5.56 Å². The monoisotopic (exact) mass is 375 g/mol. The molecule has 0 fully saturated rings. The van der Waals surface area contributed by atoms with Crippen molar-refractivity contribution >= 4 is 40.0 Å². The molecule has 1 heterocycles. The summed E-state index contributed by atoms with van der Waals surface area (Å²) in [6.07, 6.45) is 1.32. The number of nitrogens with one attached hydrogen (secondary N) is 1. The fraction of sp³-hybridized carbons (Fsp3) is 0.167. The molecule has 0 aliphatic carbocycles. The third-order valence-corrected chi connectivity index (χ3v) is 4.34. The molecule has 0 aliphatic heterocycles. The van der Waals surface area contributed by atoms with E-state index in [1.54, 1.807) is 0 Å². The van der Waals surface area contributed by atoms with Crippen molar-refractivity contribution in [2.45, 2.75) is 19.5 Å². The van der Waals surface area contributed by atoms with Gasteiger partial charge in [0.15, 0.2) is 0 Å². The van der Waals surface area contributed by atoms with Crippen LogP contribution in [0.3, 0.4) is 0 Å². The predicted octanol–water partition coefficient (Wildman–Crippen LogP) is 3.58. The number of fused-ring (bicyclic) bond motifs is 1. The number of hydrogen-bond donors (Lipinski definition) is 1. The van der Waals surface area contributed by atoms with Crippen LogP contribution in [0.4, 0.5) is 0 Å². The fourth-order valence-electron chi connectivity index (χ4n) is 2.57. The van der Waals surface area contributed by atoms with Crippen molar-refractivity contribution in [2.75, 3.05) is 0 Å². The number of hydrogen-bond acceptors (Lipinski definition) is 3. The number of aromatic nitrogens is 2. The van der Waals surface area contributed by atoms with Crippen LogP contribution >= 0.6 is 23.2 Å². The lowest BCUT2D eigenvalue weighted by Crippen LogP contribution is -2.34. The molecule has 0 unspecified atom stereocenters. The summed E-state index contributed by atoms with van der Waals surface area (Å²) in [6, 6.07) is 12.4. The van der Waals surface area contributed by atoms with Crippen molar-refractivity contribution in [1.82, 2.24) is 14.9 Å². The summed E-state index contributed by atoms with van der Waals surface area (Å²) < 4.78 is 1.24. The van der Waals surface area contributed by atoms with Crippen LogP contribution in [0, 0.1) is 0 Å². The highest BCUT2D eigenvalue weighted by Crippen LogP contribution is 2.23. The van der Waals surface area contributed by atoms with E-state index in [0.29, 0.717) is 15.6 Å². The molecule has 1 amide bonds. The van der Waals surface area contributed by atoms with Crippen molar-refractivity contribution < 1.29 is 4.79 Å². The molecule has 0 spiro atoms. The van der Waals surface area contributed by atoms with Crippen LogP contribution in [-0.4, -0.2) is 15.5 Å². The van der Waals surface area contributed by atoms with Gasteiger partial charge in [-0.2, -0.15) is 0 Å². The number of carbonyl (C=O) groups is 1. The topological polar surface area (TPSA) is 64.0 Å². The first-order chi connectivity index (χ1) is 12.0. The molecule has 128 valence electrons. The molecule has 3 aromatic rings. The van der Waals surface area contributed by atoms with Crippen molar-refractivity contribution in [3.05, 3.63) is 74.8 Å². The minimum atomic E-state index is -0.364. The van der Waals surface area contributed by atoms with Crippen LogP contribution in [0.25, 0.3) is 10.9 Å². The molecule has 7 heteroatoms. The van der Waals surface area contributed by atoms with Crippen LogP contribution in [-0.2, 0) is 11.3 Å². The van der Waals surface area contributed by atoms with E-state index in [-0.39, 0.29) is 29.4 Å². The number of carbonyl (C=O) groups excluding carboxylic acids is 1. The molecule has 1 atom stereocenters. The summed E-state index contributed by atoms with van der Waals surface area (Å²) in [4.78, 5) is 29.0. The zero-order chi connectivity index (χ0) is 18.0. The van der Waals surface area contributed by atoms with E-state index in [1.807, 2.05) is 37.3 Å². The minimum absolute atomic E-state index is 0.136. The third kappa shape index (κ3) is 3.83. The van der Waals surface area contributed by atoms with Gasteiger partial charge >= 0.3 is 0 Å². The van der Waals surface area contributed by atoms with Crippen LogP contribution < -0.4 is 10.9 Å². The van der Waals surface area contributed by atoms with E-state index < -0.39 is 0 Å². The molecular formula is C18H15Cl2N3O2. The molecular weight excluding hydrogens is 361 g/mol. The highest BCUT2D eigenvalue weighted by atomic mass is 35.5. The molecule has 1 aromatic heterocycles. The Bertz CT molecular complexity index is 987. The van der Waals surface area contributed by atoms with E-state index >= 15 is 0 Å². The molecule has 0 radical (unpaired) electrons. The van der Waals surface area contributed by atoms with Gasteiger partial charge in [-0.1, -0.05) is 53.5 Å². The number of halogens is 2. The summed E-state index contributed by atoms with van der Waals surface area (Å²) in [6.45, 7) is 1.75. The van der Waals surface area contributed by atoms with E-state index in [1.165, 1.54) is 23.0 Å². The third-order valence-electron chi connectivity index (χ3n) is 3.84. The van der Waals surface area contributed by atoms with Gasteiger partial charge in [0.2, 0.25) is 5.91 Å². The van der Waals surface area contributed by atoms with Gasteiger partial charge in [-0.05, 0) is 24.6 Å². The first-order valence-corrected chi connectivity index (χ1v) is 8.40. The molecule has 0 saturated heterocycles. The lowest BCUT2D eigenvalue weighted by molar-refractivity contribution is -0.122. The maximum Gasteiger partial charge on any atom is 0.261 e. The van der Waals surface area contributed by atoms with Crippen molar-refractivity contribution in [3.8, 4) is 0 Å². The zero-order valence-corrected chi connectivity index (χ0v) is 14.9. The Morgan fingerprint density at radius 1 is 1.24 bits per heavy atom. The van der Waals surface area contributed by atoms with E-state index in [4.69, 9.17) is 23.2 Å². The quantitative estimate of drug-likeness (QED) is 0.757. The van der Waals surface area contributed by atoms with Gasteiger partial charge in [0.05, 0.1) is 28.3 Å². The smallest absolute Gasteiger partial charge is 0.261 e. The molecule has 0 saturated carbocycles. The van der Waals surface area contributed by atoms with Crippen molar-refractivity contribution in [2.24, 2.45) is 0 Å². The Labute approximate surface area is 154 Å². The summed E-state index contributed by atoms with van der Waals surface area (Å²) in [7, 11) is 0. The van der Waals surface area contributed by atoms with E-state index in [2.05, 4.69) is 10.3 Å². The summed E-state index contributed by atoms with van der Waals surface area (Å²) in [5.74, 6) is -0.285. The molecule has 1 N–H and O–H groups in total. The van der Waals surface area contributed by atoms with Crippen molar-refractivity contribution in [1.29, 1.82) is 0 Å². The van der Waals surface area contributed by atoms with Gasteiger partial charge in [0, 0.05) is 5.02 Å². The lowest BCUT2D eigenvalue weighted by atomic mass is 10.1. The molecule has 5 nitrogen and oxygen atoms in total. The standard InChI is InChI=1S/C18H15Cl2N3O2/c1-11(12-5-3-2-4-6-12)22-16(24)9-23-10-21-17-14(18(23)25)7-13(19)8-15(17)20/h2-8,10-11H,9H2,1H3,(H,22,24)/t11-/m1/s1. The Hall–Kier alpha value is -2.37. The normalized spacial score (nSPS) is 12.1. The van der Waals surface area contributed by atoms with Crippen LogP contribution in [0.5, 0.6) is 0 Å². The van der Waals surface area contributed by atoms with Crippen LogP contribution in [0.1, 0.15) is 18.5 Å². The molecule has 0 aliphatic rings. The second kappa shape index (κ2) is 7.25. The summed E-state index contributed by atoms with van der Waals surface area (Å²) in [5.41, 5.74) is 0.987. The van der Waals surface area contributed by atoms with E-state index in [9.17, 15) is 9.59 Å². The van der Waals surface area contributed by atoms with Crippen LogP contribution in [0.15, 0.2) is 53.6 Å². The fourth-order valence-corrected chi connectivity index (χ4v) is 3.12. The minimum Gasteiger partial charge on any atom is -0.348 e. The molecule has 0 bridgehead atoms. The Kier molecular flexibility index (Phi) is 5.06. The number of rotatable bonds is 4. The maximum absolute atomic E-state index is 12.5. The average Bonchev–Trinajstić information content (AvgIpc) is 2.58. The van der Waals surface area contributed by atoms with Gasteiger partial charge < -0.3 is 5.32 Å². The number of benzene rings is 2. The van der Waals surface area contributed by atoms with Crippen LogP contribution in [0.2, 0.25) is 10.0 Å². The lowest BCUT2D eigenvalue weighted by Gasteiger charge is -2.15. The van der Waals surface area contributed by atoms with Gasteiger partial charge in [-0.3, -0.25) is 14.2 Å².